The molecule has 0 spiro atoms. The number of benzene rings is 1. The van der Waals surface area contributed by atoms with E-state index in [0.29, 0.717) is 12.8 Å². The Balaban J connectivity index is 1.80. The molecule has 3 rings (SSSR count). The number of rotatable bonds is 4. The molecule has 4 nitrogen and oxygen atoms in total. The van der Waals surface area contributed by atoms with Crippen molar-refractivity contribution in [2.75, 3.05) is 6.79 Å². The molecule has 0 amide bonds. The van der Waals surface area contributed by atoms with Gasteiger partial charge in [-0.05, 0) is 42.9 Å². The minimum atomic E-state index is -0.361. The highest BCUT2D eigenvalue weighted by Gasteiger charge is 2.52. The highest BCUT2D eigenvalue weighted by atomic mass is 16.7. The lowest BCUT2D eigenvalue weighted by Crippen LogP contribution is -2.50. The van der Waals surface area contributed by atoms with Crippen molar-refractivity contribution in [3.63, 3.8) is 0 Å². The summed E-state index contributed by atoms with van der Waals surface area (Å²) in [5.74, 6) is 0.493. The molecule has 1 aliphatic heterocycles. The van der Waals surface area contributed by atoms with Crippen molar-refractivity contribution in [3.8, 4) is 0 Å². The molecule has 3 atom stereocenters. The maximum Gasteiger partial charge on any atom is 0.150 e. The van der Waals surface area contributed by atoms with Crippen LogP contribution in [0.3, 0.4) is 0 Å². The second kappa shape index (κ2) is 5.94. The molecule has 1 saturated heterocycles. The lowest BCUT2D eigenvalue weighted by atomic mass is 9.72. The Bertz CT molecular complexity index is 595. The lowest BCUT2D eigenvalue weighted by molar-refractivity contribution is -0.130. The molecule has 22 heavy (non-hydrogen) atoms. The summed E-state index contributed by atoms with van der Waals surface area (Å²) in [5, 5.41) is 0. The number of carbonyl (C=O) groups excluding carboxylic acids is 2. The van der Waals surface area contributed by atoms with Gasteiger partial charge in [-0.25, -0.2) is 0 Å². The van der Waals surface area contributed by atoms with Gasteiger partial charge in [0.1, 0.15) is 24.5 Å². The molecular weight excluding hydrogens is 280 g/mol. The summed E-state index contributed by atoms with van der Waals surface area (Å²) in [6, 6.07) is 6.00. The van der Waals surface area contributed by atoms with E-state index in [4.69, 9.17) is 9.47 Å². The summed E-state index contributed by atoms with van der Waals surface area (Å²) < 4.78 is 11.6. The summed E-state index contributed by atoms with van der Waals surface area (Å²) in [6.07, 6.45) is 3.34. The van der Waals surface area contributed by atoms with E-state index in [1.165, 1.54) is 0 Å². The number of ketones is 1. The van der Waals surface area contributed by atoms with Gasteiger partial charge in [-0.3, -0.25) is 9.59 Å². The number of aldehydes is 1. The number of Topliss-reactive ketones (excluding diaryl/α,β-unsaturated/α-hetero) is 1. The Kier molecular flexibility index (Phi) is 4.15. The van der Waals surface area contributed by atoms with Gasteiger partial charge in [0.25, 0.3) is 0 Å². The quantitative estimate of drug-likeness (QED) is 0.803. The van der Waals surface area contributed by atoms with Crippen LogP contribution in [0.25, 0.3) is 0 Å². The zero-order valence-electron chi connectivity index (χ0n) is 13.1. The SMILES string of the molecule is Cc1ccc(CC(C)[C@]23CCC(=O)C[C@H]2OCO3)cc1C=O. The van der Waals surface area contributed by atoms with E-state index in [9.17, 15) is 9.59 Å². The molecule has 1 aromatic rings. The molecule has 1 heterocycles. The van der Waals surface area contributed by atoms with E-state index >= 15 is 0 Å². The van der Waals surface area contributed by atoms with Gasteiger partial charge in [-0.2, -0.15) is 0 Å². The Labute approximate surface area is 130 Å². The molecule has 0 radical (unpaired) electrons. The van der Waals surface area contributed by atoms with Gasteiger partial charge < -0.3 is 9.47 Å². The molecule has 118 valence electrons. The first-order valence-electron chi connectivity index (χ1n) is 7.87. The van der Waals surface area contributed by atoms with Crippen molar-refractivity contribution in [2.45, 2.75) is 51.2 Å². The molecule has 0 aromatic heterocycles. The van der Waals surface area contributed by atoms with E-state index in [-0.39, 0.29) is 30.2 Å². The zero-order chi connectivity index (χ0) is 15.7. The average molecular weight is 302 g/mol. The maximum atomic E-state index is 11.7. The fraction of sp³-hybridized carbons (Fsp3) is 0.556. The number of carbonyl (C=O) groups is 2. The summed E-state index contributed by atoms with van der Waals surface area (Å²) in [6.45, 7) is 4.36. The number of ether oxygens (including phenoxy) is 2. The molecule has 1 aromatic carbocycles. The third-order valence-electron chi connectivity index (χ3n) is 5.20. The van der Waals surface area contributed by atoms with Crippen LogP contribution >= 0.6 is 0 Å². The van der Waals surface area contributed by atoms with Gasteiger partial charge in [0.05, 0.1) is 6.10 Å². The maximum absolute atomic E-state index is 11.7. The van der Waals surface area contributed by atoms with Crippen molar-refractivity contribution >= 4 is 12.1 Å². The zero-order valence-corrected chi connectivity index (χ0v) is 13.1. The molecule has 2 aliphatic rings. The highest BCUT2D eigenvalue weighted by Crippen LogP contribution is 2.43. The van der Waals surface area contributed by atoms with Crippen molar-refractivity contribution < 1.29 is 19.1 Å². The molecule has 1 saturated carbocycles. The van der Waals surface area contributed by atoms with Gasteiger partial charge in [0.2, 0.25) is 0 Å². The van der Waals surface area contributed by atoms with Crippen LogP contribution in [0.5, 0.6) is 0 Å². The Hall–Kier alpha value is -1.52. The Morgan fingerprint density at radius 2 is 2.27 bits per heavy atom. The standard InChI is InChI=1S/C18H22O4/c1-12-3-4-14(8-15(12)10-19)7-13(2)18-6-5-16(20)9-17(18)21-11-22-18/h3-4,8,10,13,17H,5-7,9,11H2,1-2H3/t13?,17-,18-/m1/s1. The first-order valence-corrected chi connectivity index (χ1v) is 7.87. The minimum absolute atomic E-state index is 0.125. The van der Waals surface area contributed by atoms with Gasteiger partial charge in [-0.15, -0.1) is 0 Å². The molecule has 1 unspecified atom stereocenters. The van der Waals surface area contributed by atoms with Crippen LogP contribution in [0, 0.1) is 12.8 Å². The van der Waals surface area contributed by atoms with Crippen LogP contribution in [0.15, 0.2) is 18.2 Å². The van der Waals surface area contributed by atoms with Crippen LogP contribution in [-0.4, -0.2) is 30.6 Å². The van der Waals surface area contributed by atoms with Gasteiger partial charge in [0.15, 0.2) is 0 Å². The highest BCUT2D eigenvalue weighted by molar-refractivity contribution is 5.80. The molecule has 0 N–H and O–H groups in total. The summed E-state index contributed by atoms with van der Waals surface area (Å²) in [7, 11) is 0. The summed E-state index contributed by atoms with van der Waals surface area (Å²) in [4.78, 5) is 22.8. The van der Waals surface area contributed by atoms with E-state index in [0.717, 1.165) is 35.8 Å². The van der Waals surface area contributed by atoms with Crippen molar-refractivity contribution in [3.05, 3.63) is 34.9 Å². The molecule has 1 aliphatic carbocycles. The normalized spacial score (nSPS) is 29.2. The fourth-order valence-corrected chi connectivity index (χ4v) is 3.74. The lowest BCUT2D eigenvalue weighted by Gasteiger charge is -2.40. The van der Waals surface area contributed by atoms with E-state index in [2.05, 4.69) is 13.0 Å². The summed E-state index contributed by atoms with van der Waals surface area (Å²) >= 11 is 0. The second-order valence-corrected chi connectivity index (χ2v) is 6.53. The third-order valence-corrected chi connectivity index (χ3v) is 5.20. The summed E-state index contributed by atoms with van der Waals surface area (Å²) in [5.41, 5.74) is 2.49. The van der Waals surface area contributed by atoms with Crippen LogP contribution in [0.2, 0.25) is 0 Å². The molecular formula is C18H22O4. The Morgan fingerprint density at radius 3 is 3.05 bits per heavy atom. The van der Waals surface area contributed by atoms with Gasteiger partial charge >= 0.3 is 0 Å². The fourth-order valence-electron chi connectivity index (χ4n) is 3.74. The average Bonchev–Trinajstić information content (AvgIpc) is 2.93. The predicted molar refractivity (Wildman–Crippen MR) is 81.8 cm³/mol. The largest absolute Gasteiger partial charge is 0.349 e. The molecule has 0 bridgehead atoms. The number of hydrogen-bond donors (Lipinski definition) is 0. The van der Waals surface area contributed by atoms with Crippen LogP contribution in [0.4, 0.5) is 0 Å². The molecule has 4 heteroatoms. The number of fused-ring (bicyclic) bond motifs is 1. The second-order valence-electron chi connectivity index (χ2n) is 6.53. The van der Waals surface area contributed by atoms with Crippen molar-refractivity contribution in [2.24, 2.45) is 5.92 Å². The van der Waals surface area contributed by atoms with Gasteiger partial charge in [-0.1, -0.05) is 19.1 Å². The topological polar surface area (TPSA) is 52.6 Å². The van der Waals surface area contributed by atoms with Crippen LogP contribution < -0.4 is 0 Å². The molecule has 2 fully saturated rings. The first kappa shape index (κ1) is 15.4. The smallest absolute Gasteiger partial charge is 0.150 e. The Morgan fingerprint density at radius 1 is 1.45 bits per heavy atom. The van der Waals surface area contributed by atoms with Crippen molar-refractivity contribution in [1.82, 2.24) is 0 Å². The van der Waals surface area contributed by atoms with Crippen LogP contribution in [-0.2, 0) is 20.7 Å². The predicted octanol–water partition coefficient (Wildman–Crippen LogP) is 2.85. The first-order chi connectivity index (χ1) is 10.5. The third kappa shape index (κ3) is 2.61. The van der Waals surface area contributed by atoms with E-state index < -0.39 is 0 Å². The monoisotopic (exact) mass is 302 g/mol. The minimum Gasteiger partial charge on any atom is -0.349 e. The number of hydrogen-bond acceptors (Lipinski definition) is 4. The van der Waals surface area contributed by atoms with Crippen molar-refractivity contribution in [1.29, 1.82) is 0 Å². The van der Waals surface area contributed by atoms with Gasteiger partial charge in [0, 0.05) is 18.4 Å². The van der Waals surface area contributed by atoms with E-state index in [1.54, 1.807) is 0 Å². The van der Waals surface area contributed by atoms with Crippen LogP contribution in [0.1, 0.15) is 47.7 Å². The number of aryl methyl sites for hydroxylation is 1. The van der Waals surface area contributed by atoms with E-state index in [1.807, 2.05) is 19.1 Å².